The summed E-state index contributed by atoms with van der Waals surface area (Å²) in [5.74, 6) is 1.04. The average Bonchev–Trinajstić information content (AvgIpc) is 2.66. The van der Waals surface area contributed by atoms with Crippen molar-refractivity contribution < 1.29 is 9.32 Å². The van der Waals surface area contributed by atoms with Gasteiger partial charge in [0, 0.05) is 6.07 Å². The molecule has 1 atom stereocenters. The van der Waals surface area contributed by atoms with Crippen molar-refractivity contribution in [1.29, 1.82) is 0 Å². The second-order valence-corrected chi connectivity index (χ2v) is 3.75. The van der Waals surface area contributed by atoms with Crippen LogP contribution in [0.2, 0.25) is 0 Å². The van der Waals surface area contributed by atoms with E-state index in [1.807, 2.05) is 6.26 Å². The monoisotopic (exact) mass is 215 g/mol. The van der Waals surface area contributed by atoms with Crippen LogP contribution in [0.4, 0.5) is 5.82 Å². The number of anilines is 1. The summed E-state index contributed by atoms with van der Waals surface area (Å²) in [5.41, 5.74) is 5.64. The number of thioether (sulfide) groups is 1. The fourth-order valence-electron chi connectivity index (χ4n) is 0.872. The molecular formula is C8H13N3O2S. The molecule has 14 heavy (non-hydrogen) atoms. The van der Waals surface area contributed by atoms with Crippen LogP contribution in [0.25, 0.3) is 0 Å². The molecule has 1 amide bonds. The Morgan fingerprint density at radius 2 is 2.64 bits per heavy atom. The number of aromatic nitrogens is 1. The van der Waals surface area contributed by atoms with Crippen LogP contribution < -0.4 is 11.1 Å². The predicted molar refractivity (Wildman–Crippen MR) is 56.1 cm³/mol. The van der Waals surface area contributed by atoms with Gasteiger partial charge in [0.15, 0.2) is 5.82 Å². The van der Waals surface area contributed by atoms with E-state index in [-0.39, 0.29) is 5.91 Å². The first-order valence-electron chi connectivity index (χ1n) is 4.20. The second-order valence-electron chi connectivity index (χ2n) is 2.76. The third-order valence-corrected chi connectivity index (χ3v) is 2.30. The highest BCUT2D eigenvalue weighted by Crippen LogP contribution is 2.04. The second kappa shape index (κ2) is 5.66. The lowest BCUT2D eigenvalue weighted by atomic mass is 10.2. The van der Waals surface area contributed by atoms with Gasteiger partial charge >= 0.3 is 0 Å². The van der Waals surface area contributed by atoms with Crippen LogP contribution in [0.15, 0.2) is 16.9 Å². The molecule has 1 aromatic heterocycles. The molecule has 0 spiro atoms. The van der Waals surface area contributed by atoms with E-state index < -0.39 is 6.04 Å². The van der Waals surface area contributed by atoms with Gasteiger partial charge in [0.25, 0.3) is 0 Å². The SMILES string of the molecule is CSCC[C@@H](N)C(=O)Nc1ccon1. The van der Waals surface area contributed by atoms with Crippen molar-refractivity contribution in [3.63, 3.8) is 0 Å². The fourth-order valence-corrected chi connectivity index (χ4v) is 1.36. The number of nitrogens with zero attached hydrogens (tertiary/aromatic N) is 1. The van der Waals surface area contributed by atoms with Crippen LogP contribution in [0.3, 0.4) is 0 Å². The van der Waals surface area contributed by atoms with E-state index in [1.165, 1.54) is 6.26 Å². The van der Waals surface area contributed by atoms with Gasteiger partial charge in [0.05, 0.1) is 6.04 Å². The summed E-state index contributed by atoms with van der Waals surface area (Å²) >= 11 is 1.66. The van der Waals surface area contributed by atoms with Gasteiger partial charge < -0.3 is 15.6 Å². The topological polar surface area (TPSA) is 81.2 Å². The predicted octanol–water partition coefficient (Wildman–Crippen LogP) is 0.693. The number of carbonyl (C=O) groups excluding carboxylic acids is 1. The summed E-state index contributed by atoms with van der Waals surface area (Å²) in [5, 5.41) is 6.10. The first-order chi connectivity index (χ1) is 6.74. The van der Waals surface area contributed by atoms with Gasteiger partial charge in [-0.05, 0) is 18.4 Å². The molecule has 0 saturated carbocycles. The minimum Gasteiger partial charge on any atom is -0.363 e. The van der Waals surface area contributed by atoms with Crippen molar-refractivity contribution in [3.8, 4) is 0 Å². The molecular weight excluding hydrogens is 202 g/mol. The molecule has 0 aliphatic carbocycles. The molecule has 5 nitrogen and oxygen atoms in total. The number of carbonyl (C=O) groups is 1. The average molecular weight is 215 g/mol. The smallest absolute Gasteiger partial charge is 0.242 e. The Morgan fingerprint density at radius 1 is 1.86 bits per heavy atom. The first kappa shape index (κ1) is 11.1. The van der Waals surface area contributed by atoms with Crippen molar-refractivity contribution in [2.45, 2.75) is 12.5 Å². The molecule has 0 fully saturated rings. The van der Waals surface area contributed by atoms with E-state index in [1.54, 1.807) is 17.8 Å². The van der Waals surface area contributed by atoms with Crippen molar-refractivity contribution >= 4 is 23.5 Å². The number of nitrogens with two attached hydrogens (primary N) is 1. The number of hydrogen-bond acceptors (Lipinski definition) is 5. The highest BCUT2D eigenvalue weighted by atomic mass is 32.2. The Balaban J connectivity index is 2.34. The Labute approximate surface area is 86.4 Å². The summed E-state index contributed by atoms with van der Waals surface area (Å²) in [4.78, 5) is 11.4. The molecule has 1 rings (SSSR count). The minimum absolute atomic E-state index is 0.229. The molecule has 0 unspecified atom stereocenters. The summed E-state index contributed by atoms with van der Waals surface area (Å²) in [6.07, 6.45) is 4.02. The van der Waals surface area contributed by atoms with E-state index in [0.29, 0.717) is 12.2 Å². The maximum Gasteiger partial charge on any atom is 0.242 e. The van der Waals surface area contributed by atoms with Crippen LogP contribution in [-0.4, -0.2) is 29.1 Å². The lowest BCUT2D eigenvalue weighted by Crippen LogP contribution is -2.36. The van der Waals surface area contributed by atoms with E-state index >= 15 is 0 Å². The van der Waals surface area contributed by atoms with E-state index in [4.69, 9.17) is 5.73 Å². The maximum absolute atomic E-state index is 11.4. The maximum atomic E-state index is 11.4. The standard InChI is InChI=1S/C8H13N3O2S/c1-14-5-3-6(9)8(12)10-7-2-4-13-11-7/h2,4,6H,3,5,9H2,1H3,(H,10,11,12)/t6-/m1/s1. The molecule has 0 bridgehead atoms. The number of nitrogens with one attached hydrogen (secondary N) is 1. The highest BCUT2D eigenvalue weighted by molar-refractivity contribution is 7.98. The molecule has 0 radical (unpaired) electrons. The summed E-state index contributed by atoms with van der Waals surface area (Å²) in [6, 6.07) is 1.08. The van der Waals surface area contributed by atoms with E-state index in [2.05, 4.69) is 15.0 Å². The molecule has 1 aromatic rings. The number of hydrogen-bond donors (Lipinski definition) is 2. The summed E-state index contributed by atoms with van der Waals surface area (Å²) in [6.45, 7) is 0. The molecule has 0 aromatic carbocycles. The van der Waals surface area contributed by atoms with Crippen LogP contribution in [0.1, 0.15) is 6.42 Å². The van der Waals surface area contributed by atoms with Crippen LogP contribution in [0, 0.1) is 0 Å². The van der Waals surface area contributed by atoms with Crippen molar-refractivity contribution in [1.82, 2.24) is 5.16 Å². The Bertz CT molecular complexity index is 276. The first-order valence-corrected chi connectivity index (χ1v) is 5.59. The molecule has 0 saturated heterocycles. The zero-order chi connectivity index (χ0) is 10.4. The largest absolute Gasteiger partial charge is 0.363 e. The van der Waals surface area contributed by atoms with Crippen molar-refractivity contribution in [2.24, 2.45) is 5.73 Å². The van der Waals surface area contributed by atoms with Gasteiger partial charge in [-0.1, -0.05) is 5.16 Å². The quantitative estimate of drug-likeness (QED) is 0.755. The normalized spacial score (nSPS) is 12.4. The van der Waals surface area contributed by atoms with Gasteiger partial charge in [-0.15, -0.1) is 0 Å². The van der Waals surface area contributed by atoms with Gasteiger partial charge in [-0.3, -0.25) is 4.79 Å². The third-order valence-electron chi connectivity index (χ3n) is 1.66. The van der Waals surface area contributed by atoms with Crippen LogP contribution in [-0.2, 0) is 4.79 Å². The number of rotatable bonds is 5. The molecule has 0 aliphatic rings. The van der Waals surface area contributed by atoms with Crippen molar-refractivity contribution in [3.05, 3.63) is 12.3 Å². The fraction of sp³-hybridized carbons (Fsp3) is 0.500. The van der Waals surface area contributed by atoms with E-state index in [0.717, 1.165) is 5.75 Å². The lowest BCUT2D eigenvalue weighted by molar-refractivity contribution is -0.117. The van der Waals surface area contributed by atoms with Gasteiger partial charge in [-0.25, -0.2) is 0 Å². The number of amides is 1. The van der Waals surface area contributed by atoms with Gasteiger partial charge in [-0.2, -0.15) is 11.8 Å². The molecule has 0 aliphatic heterocycles. The highest BCUT2D eigenvalue weighted by Gasteiger charge is 2.13. The summed E-state index contributed by atoms with van der Waals surface area (Å²) in [7, 11) is 0. The molecule has 3 N–H and O–H groups in total. The van der Waals surface area contributed by atoms with Crippen molar-refractivity contribution in [2.75, 3.05) is 17.3 Å². The minimum atomic E-state index is -0.487. The van der Waals surface area contributed by atoms with Gasteiger partial charge in [0.2, 0.25) is 5.91 Å². The Kier molecular flexibility index (Phi) is 4.48. The summed E-state index contributed by atoms with van der Waals surface area (Å²) < 4.78 is 4.57. The zero-order valence-corrected chi connectivity index (χ0v) is 8.71. The molecule has 6 heteroatoms. The lowest BCUT2D eigenvalue weighted by Gasteiger charge is -2.08. The molecule has 78 valence electrons. The van der Waals surface area contributed by atoms with Crippen LogP contribution in [0.5, 0.6) is 0 Å². The third kappa shape index (κ3) is 3.39. The van der Waals surface area contributed by atoms with Gasteiger partial charge in [0.1, 0.15) is 6.26 Å². The molecule has 1 heterocycles. The Hall–Kier alpha value is -1.01. The zero-order valence-electron chi connectivity index (χ0n) is 7.90. The Morgan fingerprint density at radius 3 is 3.21 bits per heavy atom. The van der Waals surface area contributed by atoms with Crippen LogP contribution >= 0.6 is 11.8 Å². The van der Waals surface area contributed by atoms with E-state index in [9.17, 15) is 4.79 Å².